The van der Waals surface area contributed by atoms with Gasteiger partial charge in [0, 0.05) is 6.04 Å². The highest BCUT2D eigenvalue weighted by molar-refractivity contribution is 5.36. The molecule has 100 valence electrons. The maximum absolute atomic E-state index is 5.87. The van der Waals surface area contributed by atoms with E-state index in [-0.39, 0.29) is 6.04 Å². The van der Waals surface area contributed by atoms with Gasteiger partial charge in [-0.3, -0.25) is 0 Å². The molecule has 0 aliphatic heterocycles. The third kappa shape index (κ3) is 3.58. The van der Waals surface area contributed by atoms with Crippen molar-refractivity contribution < 1.29 is 4.74 Å². The Hall–Kier alpha value is -1.80. The third-order valence-electron chi connectivity index (χ3n) is 3.17. The van der Waals surface area contributed by atoms with E-state index in [1.54, 1.807) is 0 Å². The molecule has 0 heterocycles. The van der Waals surface area contributed by atoms with E-state index in [4.69, 9.17) is 10.5 Å². The summed E-state index contributed by atoms with van der Waals surface area (Å²) in [6, 6.07) is 16.2. The number of nitrogens with two attached hydrogens (primary N) is 1. The molecule has 2 rings (SSSR count). The highest BCUT2D eigenvalue weighted by atomic mass is 16.5. The first-order valence-electron chi connectivity index (χ1n) is 6.69. The van der Waals surface area contributed by atoms with Crippen LogP contribution in [0.5, 0.6) is 11.5 Å². The lowest BCUT2D eigenvalue weighted by atomic mass is 10.0. The molecule has 0 saturated carbocycles. The first-order valence-corrected chi connectivity index (χ1v) is 6.69. The summed E-state index contributed by atoms with van der Waals surface area (Å²) < 4.78 is 5.85. The zero-order valence-electron chi connectivity index (χ0n) is 11.8. The molecule has 0 amide bonds. The number of rotatable bonds is 4. The second kappa shape index (κ2) is 5.89. The van der Waals surface area contributed by atoms with Gasteiger partial charge in [-0.25, -0.2) is 0 Å². The van der Waals surface area contributed by atoms with Crippen molar-refractivity contribution in [3.63, 3.8) is 0 Å². The summed E-state index contributed by atoms with van der Waals surface area (Å²) >= 11 is 0. The topological polar surface area (TPSA) is 35.2 Å². The second-order valence-corrected chi connectivity index (χ2v) is 5.19. The Bertz CT molecular complexity index is 529. The zero-order chi connectivity index (χ0) is 13.8. The first kappa shape index (κ1) is 13.6. The van der Waals surface area contributed by atoms with Gasteiger partial charge >= 0.3 is 0 Å². The maximum Gasteiger partial charge on any atom is 0.127 e. The predicted octanol–water partition coefficient (Wildman–Crippen LogP) is 4.62. The summed E-state index contributed by atoms with van der Waals surface area (Å²) in [5.74, 6) is 2.22. The van der Waals surface area contributed by atoms with Gasteiger partial charge in [0.15, 0.2) is 0 Å². The van der Waals surface area contributed by atoms with Crippen LogP contribution in [0, 0.1) is 0 Å². The van der Waals surface area contributed by atoms with Gasteiger partial charge in [-0.1, -0.05) is 38.1 Å². The first-order chi connectivity index (χ1) is 9.06. The monoisotopic (exact) mass is 255 g/mol. The Balaban J connectivity index is 2.14. The van der Waals surface area contributed by atoms with Crippen molar-refractivity contribution in [1.82, 2.24) is 0 Å². The molecule has 0 bridgehead atoms. The van der Waals surface area contributed by atoms with Crippen LogP contribution in [0.4, 0.5) is 0 Å². The molecule has 0 saturated heterocycles. The average Bonchev–Trinajstić information content (AvgIpc) is 2.39. The second-order valence-electron chi connectivity index (χ2n) is 5.19. The van der Waals surface area contributed by atoms with Crippen molar-refractivity contribution in [3.8, 4) is 11.5 Å². The largest absolute Gasteiger partial charge is 0.457 e. The lowest BCUT2D eigenvalue weighted by molar-refractivity contribution is 0.481. The number of hydrogen-bond acceptors (Lipinski definition) is 2. The Morgan fingerprint density at radius 3 is 2.11 bits per heavy atom. The molecular weight excluding hydrogens is 234 g/mol. The summed E-state index contributed by atoms with van der Waals surface area (Å²) in [6.07, 6.45) is 0. The third-order valence-corrected chi connectivity index (χ3v) is 3.17. The molecule has 1 unspecified atom stereocenters. The van der Waals surface area contributed by atoms with E-state index in [1.807, 2.05) is 43.3 Å². The highest BCUT2D eigenvalue weighted by Gasteiger charge is 2.03. The zero-order valence-corrected chi connectivity index (χ0v) is 11.8. The molecule has 2 nitrogen and oxygen atoms in total. The van der Waals surface area contributed by atoms with Crippen LogP contribution < -0.4 is 10.5 Å². The van der Waals surface area contributed by atoms with E-state index in [2.05, 4.69) is 26.0 Å². The molecule has 19 heavy (non-hydrogen) atoms. The lowest BCUT2D eigenvalue weighted by Gasteiger charge is -2.11. The van der Waals surface area contributed by atoms with E-state index in [1.165, 1.54) is 5.56 Å². The Morgan fingerprint density at radius 2 is 1.53 bits per heavy atom. The Morgan fingerprint density at radius 1 is 0.842 bits per heavy atom. The van der Waals surface area contributed by atoms with E-state index in [9.17, 15) is 0 Å². The van der Waals surface area contributed by atoms with Crippen molar-refractivity contribution in [1.29, 1.82) is 0 Å². The normalized spacial score (nSPS) is 12.5. The van der Waals surface area contributed by atoms with Crippen molar-refractivity contribution in [2.24, 2.45) is 5.73 Å². The van der Waals surface area contributed by atoms with Crippen LogP contribution in [-0.4, -0.2) is 0 Å². The number of benzene rings is 2. The molecule has 2 aromatic rings. The molecule has 0 spiro atoms. The van der Waals surface area contributed by atoms with Crippen LogP contribution in [0.2, 0.25) is 0 Å². The van der Waals surface area contributed by atoms with Crippen LogP contribution in [0.3, 0.4) is 0 Å². The molecule has 0 fully saturated rings. The van der Waals surface area contributed by atoms with Crippen LogP contribution in [-0.2, 0) is 0 Å². The standard InChI is InChI=1S/C17H21NO/c1-12(2)14-7-9-16(10-8-14)19-17-6-4-5-15(11-17)13(3)18/h4-13H,18H2,1-3H3. The smallest absolute Gasteiger partial charge is 0.127 e. The van der Waals surface area contributed by atoms with Gasteiger partial charge in [0.25, 0.3) is 0 Å². The molecular formula is C17H21NO. The van der Waals surface area contributed by atoms with Crippen LogP contribution >= 0.6 is 0 Å². The summed E-state index contributed by atoms with van der Waals surface area (Å²) in [6.45, 7) is 6.33. The lowest BCUT2D eigenvalue weighted by Crippen LogP contribution is -2.04. The van der Waals surface area contributed by atoms with E-state index >= 15 is 0 Å². The SMILES string of the molecule is CC(C)c1ccc(Oc2cccc(C(C)N)c2)cc1. The molecule has 2 N–H and O–H groups in total. The molecule has 2 aromatic carbocycles. The summed E-state index contributed by atoms with van der Waals surface area (Å²) in [4.78, 5) is 0. The van der Waals surface area contributed by atoms with Gasteiger partial charge < -0.3 is 10.5 Å². The van der Waals surface area contributed by atoms with Gasteiger partial charge in [-0.15, -0.1) is 0 Å². The molecule has 0 aliphatic carbocycles. The Kier molecular flexibility index (Phi) is 4.23. The van der Waals surface area contributed by atoms with Crippen LogP contribution in [0.1, 0.15) is 43.9 Å². The van der Waals surface area contributed by atoms with Crippen molar-refractivity contribution in [2.45, 2.75) is 32.7 Å². The highest BCUT2D eigenvalue weighted by Crippen LogP contribution is 2.25. The van der Waals surface area contributed by atoms with Crippen LogP contribution in [0.25, 0.3) is 0 Å². The van der Waals surface area contributed by atoms with E-state index in [0.29, 0.717) is 5.92 Å². The van der Waals surface area contributed by atoms with E-state index < -0.39 is 0 Å². The van der Waals surface area contributed by atoms with Crippen molar-refractivity contribution in [2.75, 3.05) is 0 Å². The number of ether oxygens (including phenoxy) is 1. The Labute approximate surface area is 115 Å². The minimum absolute atomic E-state index is 0.0202. The van der Waals surface area contributed by atoms with Gasteiger partial charge in [0.1, 0.15) is 11.5 Å². The number of hydrogen-bond donors (Lipinski definition) is 1. The van der Waals surface area contributed by atoms with E-state index in [0.717, 1.165) is 17.1 Å². The quantitative estimate of drug-likeness (QED) is 0.865. The fourth-order valence-corrected chi connectivity index (χ4v) is 1.92. The average molecular weight is 255 g/mol. The van der Waals surface area contributed by atoms with Crippen molar-refractivity contribution in [3.05, 3.63) is 59.7 Å². The molecule has 0 aliphatic rings. The molecule has 2 heteroatoms. The fraction of sp³-hybridized carbons (Fsp3) is 0.294. The summed E-state index contributed by atoms with van der Waals surface area (Å²) in [5, 5.41) is 0. The van der Waals surface area contributed by atoms with Crippen LogP contribution in [0.15, 0.2) is 48.5 Å². The van der Waals surface area contributed by atoms with Gasteiger partial charge in [-0.05, 0) is 48.2 Å². The molecule has 0 aromatic heterocycles. The summed E-state index contributed by atoms with van der Waals surface area (Å²) in [7, 11) is 0. The predicted molar refractivity (Wildman–Crippen MR) is 79.6 cm³/mol. The maximum atomic E-state index is 5.87. The fourth-order valence-electron chi connectivity index (χ4n) is 1.92. The minimum Gasteiger partial charge on any atom is -0.457 e. The van der Waals surface area contributed by atoms with Gasteiger partial charge in [0.05, 0.1) is 0 Å². The van der Waals surface area contributed by atoms with Crippen molar-refractivity contribution >= 4 is 0 Å². The summed E-state index contributed by atoms with van der Waals surface area (Å²) in [5.41, 5.74) is 8.27. The molecule has 0 radical (unpaired) electrons. The van der Waals surface area contributed by atoms with Gasteiger partial charge in [-0.2, -0.15) is 0 Å². The minimum atomic E-state index is 0.0202. The van der Waals surface area contributed by atoms with Gasteiger partial charge in [0.2, 0.25) is 0 Å². The molecule has 1 atom stereocenters.